The van der Waals surface area contributed by atoms with E-state index < -0.39 is 26.3 Å². The van der Waals surface area contributed by atoms with Crippen molar-refractivity contribution in [3.8, 4) is 0 Å². The van der Waals surface area contributed by atoms with Crippen LogP contribution >= 0.6 is 22.9 Å². The van der Waals surface area contributed by atoms with Crippen LogP contribution in [0.5, 0.6) is 0 Å². The van der Waals surface area contributed by atoms with Crippen LogP contribution in [0.1, 0.15) is 83.4 Å². The Labute approximate surface area is 275 Å². The summed E-state index contributed by atoms with van der Waals surface area (Å²) in [4.78, 5) is 0.615. The molecule has 0 saturated carbocycles. The summed E-state index contributed by atoms with van der Waals surface area (Å²) in [6.07, 6.45) is -0.726. The molecule has 1 unspecified atom stereocenters. The van der Waals surface area contributed by atoms with E-state index in [1.54, 1.807) is 0 Å². The summed E-state index contributed by atoms with van der Waals surface area (Å²) in [6, 6.07) is 22.1. The van der Waals surface area contributed by atoms with Crippen LogP contribution in [0.2, 0.25) is 21.0 Å². The van der Waals surface area contributed by atoms with Gasteiger partial charge in [0.25, 0.3) is 0 Å². The standard InChI is InChI=1S/C36H51ClO5SSi/c1-9-31-27(8)33(39-21-28-16-12-10-13-17-28)34(40-22-29-18-14-11-15-19-29)36(38,42-31)32-20-30(35(37)43-32)23-41-44(24(2)3,25(4)5)26(6)7/h10-20,24-27,31,33-34,38H,9,21-23H2,1-8H3/t27-,31-,33+,34-,36?/m1/s1. The van der Waals surface area contributed by atoms with Crippen LogP contribution in [-0.2, 0) is 44.2 Å². The first-order valence-electron chi connectivity index (χ1n) is 16.1. The van der Waals surface area contributed by atoms with Gasteiger partial charge >= 0.3 is 0 Å². The number of thiophene rings is 1. The molecule has 2 aromatic carbocycles. The van der Waals surface area contributed by atoms with Gasteiger partial charge in [-0.3, -0.25) is 0 Å². The third kappa shape index (κ3) is 7.53. The fraction of sp³-hybridized carbons (Fsp3) is 0.556. The Morgan fingerprint density at radius 2 is 1.39 bits per heavy atom. The zero-order chi connectivity index (χ0) is 32.1. The second-order valence-electron chi connectivity index (χ2n) is 13.1. The Balaban J connectivity index is 1.69. The number of benzene rings is 2. The van der Waals surface area contributed by atoms with Crippen molar-refractivity contribution in [1.82, 2.24) is 0 Å². The lowest BCUT2D eigenvalue weighted by atomic mass is 9.84. The van der Waals surface area contributed by atoms with Gasteiger partial charge in [0.1, 0.15) is 6.10 Å². The van der Waals surface area contributed by atoms with Crippen molar-refractivity contribution in [1.29, 1.82) is 0 Å². The van der Waals surface area contributed by atoms with Crippen molar-refractivity contribution >= 4 is 31.3 Å². The highest BCUT2D eigenvalue weighted by Gasteiger charge is 2.56. The summed E-state index contributed by atoms with van der Waals surface area (Å²) in [5.74, 6) is -1.77. The van der Waals surface area contributed by atoms with Crippen molar-refractivity contribution < 1.29 is 23.7 Å². The molecular formula is C36H51ClO5SSi. The quantitative estimate of drug-likeness (QED) is 0.175. The van der Waals surface area contributed by atoms with Crippen molar-refractivity contribution in [3.63, 3.8) is 0 Å². The van der Waals surface area contributed by atoms with Crippen LogP contribution in [0.4, 0.5) is 0 Å². The van der Waals surface area contributed by atoms with E-state index >= 15 is 0 Å². The SMILES string of the molecule is CC[C@H]1OC(O)(c2cc(CO[Si](C(C)C)(C(C)C)C(C)C)c(Cl)s2)[C@H](OCc2ccccc2)[C@@H](OCc2ccccc2)[C@@H]1C. The predicted octanol–water partition coefficient (Wildman–Crippen LogP) is 9.85. The topological polar surface area (TPSA) is 57.2 Å². The number of hydrogen-bond acceptors (Lipinski definition) is 6. The van der Waals surface area contributed by atoms with E-state index in [1.165, 1.54) is 11.3 Å². The van der Waals surface area contributed by atoms with E-state index in [9.17, 15) is 5.11 Å². The maximum atomic E-state index is 12.6. The molecule has 1 N–H and O–H groups in total. The highest BCUT2D eigenvalue weighted by molar-refractivity contribution is 7.16. The minimum atomic E-state index is -2.12. The molecule has 0 spiro atoms. The van der Waals surface area contributed by atoms with Crippen LogP contribution in [-0.4, -0.2) is 31.7 Å². The number of ether oxygens (including phenoxy) is 3. The third-order valence-corrected chi connectivity index (χ3v) is 17.0. The third-order valence-electron chi connectivity index (χ3n) is 9.37. The smallest absolute Gasteiger partial charge is 0.232 e. The Kier molecular flexibility index (Phi) is 12.3. The van der Waals surface area contributed by atoms with E-state index in [0.717, 1.165) is 23.1 Å². The Morgan fingerprint density at radius 1 is 0.864 bits per heavy atom. The summed E-state index contributed by atoms with van der Waals surface area (Å²) in [5, 5.41) is 12.6. The van der Waals surface area contributed by atoms with Gasteiger partial charge < -0.3 is 23.7 Å². The lowest BCUT2D eigenvalue weighted by molar-refractivity contribution is -0.360. The lowest BCUT2D eigenvalue weighted by Gasteiger charge is -2.49. The Morgan fingerprint density at radius 3 is 1.89 bits per heavy atom. The van der Waals surface area contributed by atoms with Crippen molar-refractivity contribution in [2.75, 3.05) is 0 Å². The molecule has 5 nitrogen and oxygen atoms in total. The molecule has 5 atom stereocenters. The average Bonchev–Trinajstić information content (AvgIpc) is 3.38. The van der Waals surface area contributed by atoms with Crippen molar-refractivity contribution in [2.24, 2.45) is 5.92 Å². The molecule has 0 bridgehead atoms. The first-order chi connectivity index (χ1) is 20.9. The van der Waals surface area contributed by atoms with E-state index in [4.69, 9.17) is 30.2 Å². The van der Waals surface area contributed by atoms with Gasteiger partial charge in [0, 0.05) is 11.5 Å². The number of aliphatic hydroxyl groups is 1. The minimum absolute atomic E-state index is 0.0160. The molecule has 3 aromatic rings. The van der Waals surface area contributed by atoms with E-state index in [1.807, 2.05) is 66.7 Å². The van der Waals surface area contributed by atoms with Gasteiger partial charge in [0.2, 0.25) is 14.1 Å². The second-order valence-corrected chi connectivity index (χ2v) is 20.2. The Hall–Kier alpha value is -1.55. The molecule has 1 saturated heterocycles. The number of rotatable bonds is 14. The van der Waals surface area contributed by atoms with E-state index in [0.29, 0.717) is 45.7 Å². The summed E-state index contributed by atoms with van der Waals surface area (Å²) >= 11 is 8.25. The first kappa shape index (κ1) is 35.3. The molecule has 44 heavy (non-hydrogen) atoms. The van der Waals surface area contributed by atoms with Gasteiger partial charge in [-0.05, 0) is 40.2 Å². The summed E-state index contributed by atoms with van der Waals surface area (Å²) < 4.78 is 27.3. The molecule has 0 radical (unpaired) electrons. The van der Waals surface area contributed by atoms with Crippen LogP contribution in [0.15, 0.2) is 66.7 Å². The highest BCUT2D eigenvalue weighted by atomic mass is 35.5. The fourth-order valence-electron chi connectivity index (χ4n) is 7.13. The van der Waals surface area contributed by atoms with Crippen molar-refractivity contribution in [3.05, 3.63) is 92.6 Å². The maximum Gasteiger partial charge on any atom is 0.232 e. The fourth-order valence-corrected chi connectivity index (χ4v) is 13.8. The number of hydrogen-bond donors (Lipinski definition) is 1. The molecule has 0 amide bonds. The molecule has 1 aliphatic rings. The van der Waals surface area contributed by atoms with Crippen LogP contribution in [0.3, 0.4) is 0 Å². The molecule has 2 heterocycles. The second kappa shape index (κ2) is 15.4. The molecule has 1 aliphatic heterocycles. The van der Waals surface area contributed by atoms with Crippen LogP contribution in [0, 0.1) is 5.92 Å². The van der Waals surface area contributed by atoms with Gasteiger partial charge in [0.05, 0.1) is 41.2 Å². The maximum absolute atomic E-state index is 12.6. The highest BCUT2D eigenvalue weighted by Crippen LogP contribution is 2.48. The molecule has 4 rings (SSSR count). The molecule has 1 aromatic heterocycles. The average molecular weight is 659 g/mol. The molecule has 8 heteroatoms. The monoisotopic (exact) mass is 658 g/mol. The predicted molar refractivity (Wildman–Crippen MR) is 183 cm³/mol. The van der Waals surface area contributed by atoms with Gasteiger partial charge in [0.15, 0.2) is 0 Å². The van der Waals surface area contributed by atoms with Gasteiger partial charge in [-0.1, -0.05) is 128 Å². The summed E-state index contributed by atoms with van der Waals surface area (Å²) in [5.41, 5.74) is 4.31. The van der Waals surface area contributed by atoms with Gasteiger partial charge in [-0.15, -0.1) is 11.3 Å². The van der Waals surface area contributed by atoms with Gasteiger partial charge in [-0.2, -0.15) is 0 Å². The largest absolute Gasteiger partial charge is 0.412 e. The van der Waals surface area contributed by atoms with E-state index in [2.05, 4.69) is 55.4 Å². The first-order valence-corrected chi connectivity index (χ1v) is 19.4. The van der Waals surface area contributed by atoms with Gasteiger partial charge in [-0.25, -0.2) is 0 Å². The molecule has 1 fully saturated rings. The summed E-state index contributed by atoms with van der Waals surface area (Å²) in [7, 11) is -2.12. The van der Waals surface area contributed by atoms with Crippen LogP contribution in [0.25, 0.3) is 0 Å². The zero-order valence-electron chi connectivity index (χ0n) is 27.6. The molecule has 0 aliphatic carbocycles. The van der Waals surface area contributed by atoms with Crippen LogP contribution < -0.4 is 0 Å². The molecule has 242 valence electrons. The Bertz CT molecular complexity index is 1280. The van der Waals surface area contributed by atoms with Crippen molar-refractivity contribution in [2.45, 2.75) is 122 Å². The molecular weight excluding hydrogens is 608 g/mol. The lowest BCUT2D eigenvalue weighted by Crippen LogP contribution is -2.61. The summed E-state index contributed by atoms with van der Waals surface area (Å²) in [6.45, 7) is 19.0. The normalized spacial score (nSPS) is 24.5. The minimum Gasteiger partial charge on any atom is -0.412 e. The van der Waals surface area contributed by atoms with E-state index in [-0.39, 0.29) is 12.0 Å². The zero-order valence-corrected chi connectivity index (χ0v) is 30.2. The number of halogens is 1.